The maximum atomic E-state index is 2.16. The van der Waals surface area contributed by atoms with Crippen LogP contribution in [0, 0.1) is 0 Å². The monoisotopic (exact) mass is 272 g/mol. The van der Waals surface area contributed by atoms with Crippen LogP contribution < -0.4 is 0 Å². The molecular weight excluding hydrogens is 256 g/mol. The van der Waals surface area contributed by atoms with Crippen LogP contribution in [0.1, 0.15) is 12.8 Å². The molecule has 2 aliphatic carbocycles. The third kappa shape index (κ3) is 4.47. The van der Waals surface area contributed by atoms with Gasteiger partial charge in [-0.25, -0.2) is 0 Å². The molecule has 0 radical (unpaired) electrons. The molecule has 0 atom stereocenters. The van der Waals surface area contributed by atoms with Crippen molar-refractivity contribution >= 4 is 32.1 Å². The van der Waals surface area contributed by atoms with Gasteiger partial charge in [-0.05, 0) is 35.7 Å². The molecule has 0 N–H and O–H groups in total. The zero-order chi connectivity index (χ0) is 12.5. The summed E-state index contributed by atoms with van der Waals surface area (Å²) >= 11 is 3.61. The van der Waals surface area contributed by atoms with Crippen molar-refractivity contribution in [3.05, 3.63) is 71.5 Å². The van der Waals surface area contributed by atoms with Crippen molar-refractivity contribution < 1.29 is 0 Å². The SMILES string of the molecule is C1=CCC=C1.C1=CCC=C1.c1cc2sccc2s1. The molecule has 92 valence electrons. The van der Waals surface area contributed by atoms with Gasteiger partial charge in [0, 0.05) is 9.40 Å². The highest BCUT2D eigenvalue weighted by molar-refractivity contribution is 7.25. The average Bonchev–Trinajstić information content (AvgIpc) is 3.18. The van der Waals surface area contributed by atoms with Crippen molar-refractivity contribution in [2.45, 2.75) is 12.8 Å². The van der Waals surface area contributed by atoms with Gasteiger partial charge in [0.05, 0.1) is 0 Å². The molecular formula is C16H16S2. The summed E-state index contributed by atoms with van der Waals surface area (Å²) in [6.07, 6.45) is 19.0. The van der Waals surface area contributed by atoms with E-state index in [1.54, 1.807) is 22.7 Å². The molecule has 2 aromatic heterocycles. The third-order valence-corrected chi connectivity index (χ3v) is 4.28. The van der Waals surface area contributed by atoms with Gasteiger partial charge in [-0.2, -0.15) is 0 Å². The molecule has 18 heavy (non-hydrogen) atoms. The Morgan fingerprint density at radius 3 is 1.28 bits per heavy atom. The van der Waals surface area contributed by atoms with E-state index in [-0.39, 0.29) is 0 Å². The predicted molar refractivity (Wildman–Crippen MR) is 85.5 cm³/mol. The van der Waals surface area contributed by atoms with E-state index in [1.165, 1.54) is 9.40 Å². The lowest BCUT2D eigenvalue weighted by Crippen LogP contribution is -1.37. The van der Waals surface area contributed by atoms with Crippen LogP contribution in [0.15, 0.2) is 71.5 Å². The fraction of sp³-hybridized carbons (Fsp3) is 0.125. The molecule has 0 spiro atoms. The molecule has 0 unspecified atom stereocenters. The van der Waals surface area contributed by atoms with E-state index < -0.39 is 0 Å². The fourth-order valence-electron chi connectivity index (χ4n) is 1.48. The number of hydrogen-bond acceptors (Lipinski definition) is 2. The van der Waals surface area contributed by atoms with Crippen LogP contribution in [-0.2, 0) is 0 Å². The highest BCUT2D eigenvalue weighted by Crippen LogP contribution is 2.25. The van der Waals surface area contributed by atoms with Crippen molar-refractivity contribution in [1.82, 2.24) is 0 Å². The van der Waals surface area contributed by atoms with Gasteiger partial charge >= 0.3 is 0 Å². The first-order chi connectivity index (χ1) is 8.97. The Bertz CT molecular complexity index is 471. The quantitative estimate of drug-likeness (QED) is 0.554. The minimum absolute atomic E-state index is 1.14. The number of fused-ring (bicyclic) bond motifs is 1. The van der Waals surface area contributed by atoms with Gasteiger partial charge in [0.2, 0.25) is 0 Å². The van der Waals surface area contributed by atoms with Crippen LogP contribution in [0.2, 0.25) is 0 Å². The Labute approximate surface area is 116 Å². The molecule has 0 amide bonds. The normalized spacial score (nSPS) is 14.4. The van der Waals surface area contributed by atoms with Gasteiger partial charge in [-0.1, -0.05) is 48.6 Å². The summed E-state index contributed by atoms with van der Waals surface area (Å²) in [7, 11) is 0. The molecule has 0 fully saturated rings. The standard InChI is InChI=1S/C6H4S2.2C5H6/c1-3-7-6-2-4-8-5(1)6;2*1-2-4-5-3-1/h1-4H;2*1-4H,5H2. The fourth-order valence-corrected chi connectivity index (χ4v) is 3.31. The summed E-state index contributed by atoms with van der Waals surface area (Å²) in [6, 6.07) is 4.31. The van der Waals surface area contributed by atoms with E-state index in [9.17, 15) is 0 Å². The van der Waals surface area contributed by atoms with E-state index in [0.29, 0.717) is 0 Å². The largest absolute Gasteiger partial charge is 0.143 e. The maximum absolute atomic E-state index is 2.16. The minimum atomic E-state index is 1.14. The number of hydrogen-bond donors (Lipinski definition) is 0. The molecule has 2 aromatic rings. The van der Waals surface area contributed by atoms with Crippen LogP contribution in [0.3, 0.4) is 0 Å². The summed E-state index contributed by atoms with van der Waals surface area (Å²) in [5.41, 5.74) is 0. The Hall–Kier alpha value is -1.38. The van der Waals surface area contributed by atoms with Crippen LogP contribution in [-0.4, -0.2) is 0 Å². The smallest absolute Gasteiger partial charge is 0.0450 e. The van der Waals surface area contributed by atoms with Crippen molar-refractivity contribution in [3.63, 3.8) is 0 Å². The number of rotatable bonds is 0. The third-order valence-electron chi connectivity index (χ3n) is 2.38. The van der Waals surface area contributed by atoms with Gasteiger partial charge in [0.1, 0.15) is 0 Å². The van der Waals surface area contributed by atoms with Crippen molar-refractivity contribution in [2.75, 3.05) is 0 Å². The van der Waals surface area contributed by atoms with Crippen molar-refractivity contribution in [3.8, 4) is 0 Å². The first-order valence-electron chi connectivity index (χ1n) is 6.01. The topological polar surface area (TPSA) is 0 Å². The lowest BCUT2D eigenvalue weighted by atomic mass is 10.5. The molecule has 4 rings (SSSR count). The molecule has 0 saturated carbocycles. The molecule has 0 aromatic carbocycles. The lowest BCUT2D eigenvalue weighted by Gasteiger charge is -1.63. The first-order valence-corrected chi connectivity index (χ1v) is 7.77. The zero-order valence-corrected chi connectivity index (χ0v) is 11.8. The van der Waals surface area contributed by atoms with E-state index >= 15 is 0 Å². The second-order valence-corrected chi connectivity index (χ2v) is 5.65. The zero-order valence-electron chi connectivity index (χ0n) is 10.2. The van der Waals surface area contributed by atoms with Gasteiger partial charge in [0.25, 0.3) is 0 Å². The van der Waals surface area contributed by atoms with Gasteiger partial charge in [0.15, 0.2) is 0 Å². The molecule has 0 nitrogen and oxygen atoms in total. The van der Waals surface area contributed by atoms with Gasteiger partial charge < -0.3 is 0 Å². The Balaban J connectivity index is 0.000000106. The summed E-state index contributed by atoms with van der Waals surface area (Å²) in [5.74, 6) is 0. The molecule has 2 heteroatoms. The van der Waals surface area contributed by atoms with Gasteiger partial charge in [-0.3, -0.25) is 0 Å². The Kier molecular flexibility index (Phi) is 5.70. The summed E-state index contributed by atoms with van der Waals surface area (Å²) in [4.78, 5) is 0. The summed E-state index contributed by atoms with van der Waals surface area (Å²) < 4.78 is 2.82. The second-order valence-electron chi connectivity index (χ2n) is 3.75. The Morgan fingerprint density at radius 2 is 1.00 bits per heavy atom. The Morgan fingerprint density at radius 1 is 0.611 bits per heavy atom. The maximum Gasteiger partial charge on any atom is 0.0450 e. The summed E-state index contributed by atoms with van der Waals surface area (Å²) in [6.45, 7) is 0. The number of allylic oxidation sites excluding steroid dienone is 8. The molecule has 2 heterocycles. The number of thiophene rings is 2. The average molecular weight is 272 g/mol. The van der Waals surface area contributed by atoms with Crippen LogP contribution >= 0.6 is 22.7 Å². The van der Waals surface area contributed by atoms with Gasteiger partial charge in [-0.15, -0.1) is 22.7 Å². The highest BCUT2D eigenvalue weighted by atomic mass is 32.1. The molecule has 2 aliphatic rings. The van der Waals surface area contributed by atoms with Crippen molar-refractivity contribution in [1.29, 1.82) is 0 Å². The highest BCUT2D eigenvalue weighted by Gasteiger charge is 1.90. The van der Waals surface area contributed by atoms with E-state index in [2.05, 4.69) is 71.5 Å². The van der Waals surface area contributed by atoms with E-state index in [4.69, 9.17) is 0 Å². The van der Waals surface area contributed by atoms with Crippen LogP contribution in [0.4, 0.5) is 0 Å². The predicted octanol–water partition coefficient (Wildman–Crippen LogP) is 5.97. The lowest BCUT2D eigenvalue weighted by molar-refractivity contribution is 1.45. The second kappa shape index (κ2) is 7.85. The van der Waals surface area contributed by atoms with E-state index in [0.717, 1.165) is 12.8 Å². The first kappa shape index (κ1) is 13.1. The minimum Gasteiger partial charge on any atom is -0.143 e. The van der Waals surface area contributed by atoms with Crippen LogP contribution in [0.5, 0.6) is 0 Å². The van der Waals surface area contributed by atoms with E-state index in [1.807, 2.05) is 0 Å². The molecule has 0 aliphatic heterocycles. The van der Waals surface area contributed by atoms with Crippen molar-refractivity contribution in [2.24, 2.45) is 0 Å². The summed E-state index contributed by atoms with van der Waals surface area (Å²) in [5, 5.41) is 4.25. The van der Waals surface area contributed by atoms with Crippen LogP contribution in [0.25, 0.3) is 9.40 Å². The molecule has 0 saturated heterocycles. The molecule has 0 bridgehead atoms.